The van der Waals surface area contributed by atoms with Crippen molar-refractivity contribution >= 4 is 42.0 Å². The number of nitrogens with two attached hydrogens (primary N) is 1. The highest BCUT2D eigenvalue weighted by Crippen LogP contribution is 2.43. The highest BCUT2D eigenvalue weighted by molar-refractivity contribution is 7.59. The van der Waals surface area contributed by atoms with Crippen molar-refractivity contribution in [3.05, 3.63) is 47.0 Å². The van der Waals surface area contributed by atoms with Crippen LogP contribution in [0.25, 0.3) is 11.2 Å². The van der Waals surface area contributed by atoms with Crippen LogP contribution in [0, 0.1) is 6.92 Å². The molecule has 0 fully saturated rings. The molecule has 0 unspecified atom stereocenters. The lowest BCUT2D eigenvalue weighted by atomic mass is 10.0. The van der Waals surface area contributed by atoms with Gasteiger partial charge in [0.25, 0.3) is 0 Å². The first kappa shape index (κ1) is 30.0. The third-order valence-electron chi connectivity index (χ3n) is 5.93. The summed E-state index contributed by atoms with van der Waals surface area (Å²) in [4.78, 5) is 25.2. The van der Waals surface area contributed by atoms with E-state index in [2.05, 4.69) is 25.1 Å². The maximum absolute atomic E-state index is 14.3. The van der Waals surface area contributed by atoms with E-state index in [4.69, 9.17) is 26.8 Å². The lowest BCUT2D eigenvalue weighted by Crippen LogP contribution is -2.49. The number of nitrogens with one attached hydrogen (secondary N) is 2. The maximum Gasteiger partial charge on any atom is 0.326 e. The molecule has 11 nitrogen and oxygen atoms in total. The van der Waals surface area contributed by atoms with Crippen LogP contribution >= 0.6 is 19.0 Å². The predicted octanol–water partition coefficient (Wildman–Crippen LogP) is 4.60. The van der Waals surface area contributed by atoms with Crippen LogP contribution in [0.15, 0.2) is 30.9 Å². The van der Waals surface area contributed by atoms with Crippen LogP contribution in [-0.2, 0) is 25.4 Å². The Morgan fingerprint density at radius 2 is 2.00 bits per heavy atom. The van der Waals surface area contributed by atoms with E-state index in [9.17, 15) is 9.36 Å². The number of benzene rings is 1. The molecular weight excluding hydrogens is 529 g/mol. The lowest BCUT2D eigenvalue weighted by molar-refractivity contribution is -0.149. The van der Waals surface area contributed by atoms with Crippen LogP contribution in [0.2, 0.25) is 5.02 Å². The van der Waals surface area contributed by atoms with Crippen molar-refractivity contribution in [2.24, 2.45) is 0 Å². The van der Waals surface area contributed by atoms with Crippen molar-refractivity contribution in [3.63, 3.8) is 0 Å². The Bertz CT molecular complexity index is 1320. The molecule has 2 heterocycles. The SMILES string of the molecule is CCCOC(=O)C(C)(C)N[P@](=O)(CO[C@H](C)Cn1cnc2c(N)ncnc21)N[C@H](C)c1ccc(Cl)cc1C. The second-order valence-corrected chi connectivity index (χ2v) is 12.6. The first-order valence-corrected chi connectivity index (χ1v) is 14.7. The molecular formula is C25H37ClN7O4P. The summed E-state index contributed by atoms with van der Waals surface area (Å²) in [6, 6.07) is 5.20. The van der Waals surface area contributed by atoms with E-state index in [0.717, 1.165) is 11.1 Å². The van der Waals surface area contributed by atoms with E-state index in [-0.39, 0.29) is 25.1 Å². The summed E-state index contributed by atoms with van der Waals surface area (Å²) in [6.45, 7) is 11.6. The zero-order valence-electron chi connectivity index (χ0n) is 22.7. The molecule has 0 radical (unpaired) electrons. The minimum Gasteiger partial charge on any atom is -0.464 e. The number of esters is 1. The van der Waals surface area contributed by atoms with Crippen molar-refractivity contribution < 1.29 is 18.8 Å². The van der Waals surface area contributed by atoms with Gasteiger partial charge in [0.15, 0.2) is 11.5 Å². The van der Waals surface area contributed by atoms with E-state index >= 15 is 0 Å². The van der Waals surface area contributed by atoms with Gasteiger partial charge < -0.3 is 19.8 Å². The minimum atomic E-state index is -3.51. The van der Waals surface area contributed by atoms with Crippen LogP contribution < -0.4 is 15.9 Å². The van der Waals surface area contributed by atoms with Gasteiger partial charge >= 0.3 is 5.97 Å². The quantitative estimate of drug-likeness (QED) is 0.198. The zero-order chi connectivity index (χ0) is 28.1. The summed E-state index contributed by atoms with van der Waals surface area (Å²) >= 11 is 6.13. The number of carbonyl (C=O) groups excluding carboxylic acids is 1. The summed E-state index contributed by atoms with van der Waals surface area (Å²) in [5.41, 5.74) is 7.63. The van der Waals surface area contributed by atoms with Gasteiger partial charge in [0.05, 0.1) is 25.6 Å². The molecule has 0 aliphatic rings. The summed E-state index contributed by atoms with van der Waals surface area (Å²) < 4.78 is 27.5. The molecule has 208 valence electrons. The second kappa shape index (κ2) is 12.5. The fourth-order valence-corrected chi connectivity index (χ4v) is 6.73. The number of hydrogen-bond acceptors (Lipinski definition) is 8. The highest BCUT2D eigenvalue weighted by atomic mass is 35.5. The van der Waals surface area contributed by atoms with Crippen LogP contribution in [0.4, 0.5) is 5.82 Å². The molecule has 0 saturated heterocycles. The molecule has 1 aromatic carbocycles. The molecule has 0 spiro atoms. The Balaban J connectivity index is 1.79. The van der Waals surface area contributed by atoms with E-state index in [0.29, 0.717) is 35.0 Å². The van der Waals surface area contributed by atoms with Gasteiger partial charge in [-0.3, -0.25) is 9.36 Å². The van der Waals surface area contributed by atoms with Gasteiger partial charge in [0.2, 0.25) is 7.44 Å². The van der Waals surface area contributed by atoms with Crippen molar-refractivity contribution in [2.45, 2.75) is 72.2 Å². The molecule has 3 aromatic rings. The van der Waals surface area contributed by atoms with E-state index in [1.54, 1.807) is 30.8 Å². The fourth-order valence-electron chi connectivity index (χ4n) is 4.08. The van der Waals surface area contributed by atoms with Gasteiger partial charge in [0.1, 0.15) is 23.7 Å². The Kier molecular flexibility index (Phi) is 9.89. The number of aryl methyl sites for hydroxylation is 1. The van der Waals surface area contributed by atoms with Gasteiger partial charge in [-0.1, -0.05) is 24.6 Å². The number of carbonyl (C=O) groups is 1. The molecule has 3 atom stereocenters. The number of hydrogen-bond donors (Lipinski definition) is 3. The van der Waals surface area contributed by atoms with Gasteiger partial charge in [0, 0.05) is 11.1 Å². The number of aromatic nitrogens is 4. The molecule has 0 aliphatic heterocycles. The number of rotatable bonds is 13. The molecule has 0 bridgehead atoms. The molecule has 0 saturated carbocycles. The minimum absolute atomic E-state index is 0.181. The average molecular weight is 566 g/mol. The van der Waals surface area contributed by atoms with E-state index in [1.807, 2.05) is 39.8 Å². The molecule has 3 rings (SSSR count). The molecule has 4 N–H and O–H groups in total. The van der Waals surface area contributed by atoms with Crippen molar-refractivity contribution in [1.29, 1.82) is 0 Å². The number of nitrogen functional groups attached to an aromatic ring is 1. The molecule has 13 heteroatoms. The summed E-state index contributed by atoms with van der Waals surface area (Å²) in [6.07, 6.45) is 3.13. The van der Waals surface area contributed by atoms with Gasteiger partial charge in [-0.25, -0.2) is 25.1 Å². The van der Waals surface area contributed by atoms with Crippen LogP contribution in [0.1, 0.15) is 58.2 Å². The number of anilines is 1. The average Bonchev–Trinajstić information content (AvgIpc) is 3.24. The van der Waals surface area contributed by atoms with Crippen molar-refractivity contribution in [2.75, 3.05) is 18.7 Å². The number of nitrogens with zero attached hydrogens (tertiary/aromatic N) is 4. The van der Waals surface area contributed by atoms with E-state index < -0.39 is 19.0 Å². The van der Waals surface area contributed by atoms with Crippen molar-refractivity contribution in [3.8, 4) is 0 Å². The monoisotopic (exact) mass is 565 g/mol. The summed E-state index contributed by atoms with van der Waals surface area (Å²) in [7, 11) is -3.51. The standard InChI is InChI=1S/C25H37ClN7O4P/c1-7-10-36-24(34)25(5,6)32-38(35,31-18(4)20-9-8-19(26)11-16(20)2)15-37-17(3)12-33-14-30-21-22(27)28-13-29-23(21)33/h8-9,11,13-14,17-18H,7,10,12,15H2,1-6H3,(H2,27,28,29)(H2,31,32,35)/t17-,18-,38+/m1/s1. The maximum atomic E-state index is 14.3. The van der Waals surface area contributed by atoms with Crippen molar-refractivity contribution in [1.82, 2.24) is 29.7 Å². The second-order valence-electron chi connectivity index (χ2n) is 9.90. The number of fused-ring (bicyclic) bond motifs is 1. The fraction of sp³-hybridized carbons (Fsp3) is 0.520. The number of ether oxygens (including phenoxy) is 2. The largest absolute Gasteiger partial charge is 0.464 e. The Labute approximate surface area is 228 Å². The van der Waals surface area contributed by atoms with Crippen LogP contribution in [0.3, 0.4) is 0 Å². The first-order chi connectivity index (χ1) is 17.8. The molecule has 0 aliphatic carbocycles. The van der Waals surface area contributed by atoms with Crippen LogP contribution in [-0.4, -0.2) is 50.1 Å². The molecule has 38 heavy (non-hydrogen) atoms. The number of halogens is 1. The Morgan fingerprint density at radius 1 is 1.26 bits per heavy atom. The van der Waals surface area contributed by atoms with Gasteiger partial charge in [-0.05, 0) is 64.3 Å². The summed E-state index contributed by atoms with van der Waals surface area (Å²) in [5, 5.41) is 6.85. The van der Waals surface area contributed by atoms with Crippen LogP contribution in [0.5, 0.6) is 0 Å². The van der Waals surface area contributed by atoms with Gasteiger partial charge in [-0.15, -0.1) is 0 Å². The normalized spacial score (nSPS) is 15.2. The molecule has 2 aromatic heterocycles. The Morgan fingerprint density at radius 3 is 2.68 bits per heavy atom. The molecule has 0 amide bonds. The summed E-state index contributed by atoms with van der Waals surface area (Å²) in [5.74, 6) is -0.198. The predicted molar refractivity (Wildman–Crippen MR) is 149 cm³/mol. The van der Waals surface area contributed by atoms with E-state index in [1.165, 1.54) is 6.33 Å². The highest BCUT2D eigenvalue weighted by Gasteiger charge is 2.38. The Hall–Kier alpha value is -2.56. The topological polar surface area (TPSA) is 146 Å². The number of imidazole rings is 1. The third kappa shape index (κ3) is 7.51. The smallest absolute Gasteiger partial charge is 0.326 e. The van der Waals surface area contributed by atoms with Gasteiger partial charge in [-0.2, -0.15) is 0 Å². The lowest BCUT2D eigenvalue weighted by Gasteiger charge is -2.33. The zero-order valence-corrected chi connectivity index (χ0v) is 24.3. The third-order valence-corrected chi connectivity index (χ3v) is 8.40. The first-order valence-electron chi connectivity index (χ1n) is 12.5.